The molecule has 0 aliphatic heterocycles. The van der Waals surface area contributed by atoms with Crippen LogP contribution in [0.5, 0.6) is 0 Å². The summed E-state index contributed by atoms with van der Waals surface area (Å²) in [5.41, 5.74) is 0. The minimum atomic E-state index is -2.92. The van der Waals surface area contributed by atoms with Crippen molar-refractivity contribution in [2.45, 2.75) is 25.8 Å². The molecule has 0 bridgehead atoms. The van der Waals surface area contributed by atoms with Crippen LogP contribution in [-0.4, -0.2) is 46.0 Å². The second-order valence-electron chi connectivity index (χ2n) is 4.92. The van der Waals surface area contributed by atoms with E-state index in [-0.39, 0.29) is 11.8 Å². The van der Waals surface area contributed by atoms with Crippen LogP contribution in [0, 0.1) is 0 Å². The maximum Gasteiger partial charge on any atom is 0.191 e. The highest BCUT2D eigenvalue weighted by molar-refractivity contribution is 7.90. The number of sulfone groups is 1. The molecule has 5 nitrogen and oxygen atoms in total. The third-order valence-corrected chi connectivity index (χ3v) is 5.09. The van der Waals surface area contributed by atoms with Crippen LogP contribution in [0.3, 0.4) is 0 Å². The van der Waals surface area contributed by atoms with Crippen LogP contribution in [0.25, 0.3) is 0 Å². The molecule has 1 heterocycles. The first-order chi connectivity index (χ1) is 9.80. The number of aliphatic imine (C=N–C) groups is 1. The molecule has 1 atom stereocenters. The molecular weight excluding hydrogens is 330 g/mol. The number of guanidine groups is 1. The molecule has 2 N–H and O–H groups in total. The Morgan fingerprint density at radius 2 is 2.19 bits per heavy atom. The van der Waals surface area contributed by atoms with Gasteiger partial charge in [0.25, 0.3) is 0 Å². The minimum Gasteiger partial charge on any atom is -0.356 e. The third kappa shape index (κ3) is 8.28. The fourth-order valence-corrected chi connectivity index (χ4v) is 3.55. The number of hydrogen-bond donors (Lipinski definition) is 2. The topological polar surface area (TPSA) is 70.6 Å². The molecule has 0 aliphatic carbocycles. The van der Waals surface area contributed by atoms with Crippen molar-refractivity contribution in [2.24, 2.45) is 4.99 Å². The summed E-state index contributed by atoms with van der Waals surface area (Å²) in [6.45, 7) is 2.69. The number of thiophene rings is 1. The Labute approximate surface area is 135 Å². The molecule has 0 amide bonds. The van der Waals surface area contributed by atoms with Gasteiger partial charge in [-0.25, -0.2) is 8.42 Å². The first-order valence-electron chi connectivity index (χ1n) is 6.69. The van der Waals surface area contributed by atoms with E-state index in [1.54, 1.807) is 18.4 Å². The SMILES string of the molecule is CN=C(NCCc1ccc(Cl)s1)NC(C)CCS(C)(=O)=O. The molecule has 1 aromatic rings. The Morgan fingerprint density at radius 3 is 2.71 bits per heavy atom. The summed E-state index contributed by atoms with van der Waals surface area (Å²) < 4.78 is 23.1. The van der Waals surface area contributed by atoms with Crippen LogP contribution < -0.4 is 10.6 Å². The number of rotatable bonds is 7. The van der Waals surface area contributed by atoms with Gasteiger partial charge >= 0.3 is 0 Å². The largest absolute Gasteiger partial charge is 0.356 e. The summed E-state index contributed by atoms with van der Waals surface area (Å²) in [6.07, 6.45) is 2.68. The van der Waals surface area contributed by atoms with Crippen molar-refractivity contribution in [1.29, 1.82) is 0 Å². The van der Waals surface area contributed by atoms with E-state index in [1.807, 2.05) is 19.1 Å². The van der Waals surface area contributed by atoms with E-state index in [4.69, 9.17) is 11.6 Å². The van der Waals surface area contributed by atoms with E-state index in [0.717, 1.165) is 17.3 Å². The van der Waals surface area contributed by atoms with Gasteiger partial charge in [-0.05, 0) is 31.9 Å². The van der Waals surface area contributed by atoms with E-state index in [9.17, 15) is 8.42 Å². The number of halogens is 1. The molecule has 1 unspecified atom stereocenters. The van der Waals surface area contributed by atoms with Gasteiger partial charge in [0.2, 0.25) is 0 Å². The highest BCUT2D eigenvalue weighted by Gasteiger charge is 2.09. The van der Waals surface area contributed by atoms with Crippen molar-refractivity contribution >= 4 is 38.7 Å². The van der Waals surface area contributed by atoms with Crippen molar-refractivity contribution in [3.63, 3.8) is 0 Å². The van der Waals surface area contributed by atoms with Crippen LogP contribution in [0.2, 0.25) is 4.34 Å². The molecule has 0 fully saturated rings. The maximum atomic E-state index is 11.1. The van der Waals surface area contributed by atoms with E-state index in [0.29, 0.717) is 12.4 Å². The molecular formula is C13H22ClN3O2S2. The van der Waals surface area contributed by atoms with Crippen LogP contribution in [0.4, 0.5) is 0 Å². The highest BCUT2D eigenvalue weighted by atomic mass is 35.5. The lowest BCUT2D eigenvalue weighted by atomic mass is 10.3. The van der Waals surface area contributed by atoms with Crippen molar-refractivity contribution in [3.8, 4) is 0 Å². The quantitative estimate of drug-likeness (QED) is 0.581. The van der Waals surface area contributed by atoms with Gasteiger partial charge in [-0.3, -0.25) is 4.99 Å². The molecule has 0 spiro atoms. The van der Waals surface area contributed by atoms with E-state index < -0.39 is 9.84 Å². The van der Waals surface area contributed by atoms with Gasteiger partial charge in [0.15, 0.2) is 5.96 Å². The Kier molecular flexibility index (Phi) is 7.48. The number of hydrogen-bond acceptors (Lipinski definition) is 4. The summed E-state index contributed by atoms with van der Waals surface area (Å²) >= 11 is 7.45. The summed E-state index contributed by atoms with van der Waals surface area (Å²) in [7, 11) is -1.23. The minimum absolute atomic E-state index is 0.0436. The summed E-state index contributed by atoms with van der Waals surface area (Å²) in [5.74, 6) is 0.852. The van der Waals surface area contributed by atoms with Crippen LogP contribution in [0.15, 0.2) is 17.1 Å². The summed E-state index contributed by atoms with van der Waals surface area (Å²) in [5, 5.41) is 6.39. The van der Waals surface area contributed by atoms with Crippen LogP contribution >= 0.6 is 22.9 Å². The van der Waals surface area contributed by atoms with Crippen molar-refractivity contribution < 1.29 is 8.42 Å². The van der Waals surface area contributed by atoms with Gasteiger partial charge in [-0.15, -0.1) is 11.3 Å². The van der Waals surface area contributed by atoms with E-state index in [1.165, 1.54) is 11.1 Å². The Bertz CT molecular complexity index is 570. The second kappa shape index (κ2) is 8.60. The molecule has 1 aromatic heterocycles. The maximum absolute atomic E-state index is 11.1. The van der Waals surface area contributed by atoms with Gasteiger partial charge in [0.05, 0.1) is 10.1 Å². The lowest BCUT2D eigenvalue weighted by molar-refractivity contribution is 0.581. The normalized spacial score (nSPS) is 14.0. The smallest absolute Gasteiger partial charge is 0.191 e. The lowest BCUT2D eigenvalue weighted by Crippen LogP contribution is -2.43. The van der Waals surface area contributed by atoms with E-state index in [2.05, 4.69) is 15.6 Å². The van der Waals surface area contributed by atoms with Crippen LogP contribution in [0.1, 0.15) is 18.2 Å². The molecule has 21 heavy (non-hydrogen) atoms. The Morgan fingerprint density at radius 1 is 1.48 bits per heavy atom. The molecule has 0 saturated heterocycles. The lowest BCUT2D eigenvalue weighted by Gasteiger charge is -2.17. The summed E-state index contributed by atoms with van der Waals surface area (Å²) in [4.78, 5) is 5.35. The van der Waals surface area contributed by atoms with Gasteiger partial charge in [-0.1, -0.05) is 11.6 Å². The molecule has 0 aliphatic rings. The molecule has 0 radical (unpaired) electrons. The predicted octanol–water partition coefficient (Wildman–Crippen LogP) is 1.93. The second-order valence-corrected chi connectivity index (χ2v) is 8.98. The average molecular weight is 352 g/mol. The first-order valence-corrected chi connectivity index (χ1v) is 9.95. The Hall–Kier alpha value is -0.790. The molecule has 120 valence electrons. The van der Waals surface area contributed by atoms with E-state index >= 15 is 0 Å². The zero-order valence-electron chi connectivity index (χ0n) is 12.5. The Balaban J connectivity index is 2.31. The monoisotopic (exact) mass is 351 g/mol. The van der Waals surface area contributed by atoms with Crippen molar-refractivity contribution in [3.05, 3.63) is 21.3 Å². The predicted molar refractivity (Wildman–Crippen MR) is 91.3 cm³/mol. The van der Waals surface area contributed by atoms with Crippen LogP contribution in [-0.2, 0) is 16.3 Å². The number of nitrogens with one attached hydrogen (secondary N) is 2. The molecule has 1 rings (SSSR count). The fourth-order valence-electron chi connectivity index (χ4n) is 1.68. The van der Waals surface area contributed by atoms with Gasteiger partial charge in [-0.2, -0.15) is 0 Å². The van der Waals surface area contributed by atoms with Gasteiger partial charge in [0.1, 0.15) is 9.84 Å². The van der Waals surface area contributed by atoms with Gasteiger partial charge in [0, 0.05) is 30.8 Å². The standard InChI is InChI=1S/C13H22ClN3O2S2/c1-10(7-9-21(3,18)19)17-13(15-2)16-8-6-11-4-5-12(14)20-11/h4-5,10H,6-9H2,1-3H3,(H2,15,16,17). The van der Waals surface area contributed by atoms with Crippen molar-refractivity contribution in [1.82, 2.24) is 10.6 Å². The first kappa shape index (κ1) is 18.3. The number of nitrogens with zero attached hydrogens (tertiary/aromatic N) is 1. The molecule has 0 aromatic carbocycles. The fraction of sp³-hybridized carbons (Fsp3) is 0.615. The van der Waals surface area contributed by atoms with Crippen molar-refractivity contribution in [2.75, 3.05) is 25.6 Å². The molecule has 8 heteroatoms. The summed E-state index contributed by atoms with van der Waals surface area (Å²) in [6, 6.07) is 3.95. The third-order valence-electron chi connectivity index (χ3n) is 2.82. The zero-order chi connectivity index (χ0) is 15.9. The average Bonchev–Trinajstić information content (AvgIpc) is 2.80. The highest BCUT2D eigenvalue weighted by Crippen LogP contribution is 2.21. The zero-order valence-corrected chi connectivity index (χ0v) is 14.9. The van der Waals surface area contributed by atoms with Gasteiger partial charge < -0.3 is 10.6 Å². The molecule has 0 saturated carbocycles.